The van der Waals surface area contributed by atoms with E-state index in [1.165, 1.54) is 6.07 Å². The summed E-state index contributed by atoms with van der Waals surface area (Å²) >= 11 is 5.96. The lowest BCUT2D eigenvalue weighted by Crippen LogP contribution is -1.99. The summed E-state index contributed by atoms with van der Waals surface area (Å²) in [6, 6.07) is 10.3. The molecule has 2 N–H and O–H groups in total. The molecule has 0 atom stereocenters. The molecule has 0 aromatic heterocycles. The Bertz CT molecular complexity index is 520. The van der Waals surface area contributed by atoms with Gasteiger partial charge in [0.25, 0.3) is 0 Å². The maximum atomic E-state index is 13.4. The molecular weight excluding hydrogens is 253 g/mol. The van der Waals surface area contributed by atoms with Crippen LogP contribution in [-0.2, 0) is 6.54 Å². The fourth-order valence-electron chi connectivity index (χ4n) is 1.75. The van der Waals surface area contributed by atoms with Gasteiger partial charge >= 0.3 is 0 Å². The number of hydrogen-bond acceptors (Lipinski definition) is 2. The van der Waals surface area contributed by atoms with Crippen LogP contribution in [0.4, 0.5) is 4.39 Å². The van der Waals surface area contributed by atoms with Crippen molar-refractivity contribution in [2.45, 2.75) is 6.54 Å². The lowest BCUT2D eigenvalue weighted by molar-refractivity contribution is 0.415. The highest BCUT2D eigenvalue weighted by molar-refractivity contribution is 6.32. The number of rotatable bonds is 3. The van der Waals surface area contributed by atoms with Crippen molar-refractivity contribution >= 4 is 11.6 Å². The van der Waals surface area contributed by atoms with E-state index >= 15 is 0 Å². The molecule has 2 nitrogen and oxygen atoms in total. The number of nitrogens with two attached hydrogens (primary N) is 1. The van der Waals surface area contributed by atoms with E-state index in [0.29, 0.717) is 16.3 Å². The molecule has 0 aliphatic rings. The molecule has 0 aliphatic carbocycles. The number of benzene rings is 2. The lowest BCUT2D eigenvalue weighted by atomic mass is 10.0. The monoisotopic (exact) mass is 265 g/mol. The summed E-state index contributed by atoms with van der Waals surface area (Å²) < 4.78 is 18.5. The first-order valence-electron chi connectivity index (χ1n) is 5.48. The minimum atomic E-state index is -0.290. The van der Waals surface area contributed by atoms with Crippen LogP contribution in [0.5, 0.6) is 5.75 Å². The second kappa shape index (κ2) is 5.38. The van der Waals surface area contributed by atoms with E-state index in [4.69, 9.17) is 22.1 Å². The predicted molar refractivity (Wildman–Crippen MR) is 71.3 cm³/mol. The first-order chi connectivity index (χ1) is 8.65. The molecule has 18 heavy (non-hydrogen) atoms. The molecule has 0 heterocycles. The molecule has 2 aromatic carbocycles. The van der Waals surface area contributed by atoms with Gasteiger partial charge in [0.1, 0.15) is 11.6 Å². The topological polar surface area (TPSA) is 35.2 Å². The fraction of sp³-hybridized carbons (Fsp3) is 0.143. The van der Waals surface area contributed by atoms with Crippen molar-refractivity contribution in [3.05, 3.63) is 52.8 Å². The molecule has 0 aliphatic heterocycles. The largest absolute Gasteiger partial charge is 0.495 e. The van der Waals surface area contributed by atoms with E-state index in [0.717, 1.165) is 11.1 Å². The molecule has 4 heteroatoms. The van der Waals surface area contributed by atoms with Gasteiger partial charge in [-0.25, -0.2) is 4.39 Å². The van der Waals surface area contributed by atoms with Crippen LogP contribution in [0, 0.1) is 5.82 Å². The first-order valence-corrected chi connectivity index (χ1v) is 5.86. The third-order valence-electron chi connectivity index (χ3n) is 2.75. The van der Waals surface area contributed by atoms with Gasteiger partial charge in [-0.3, -0.25) is 0 Å². The van der Waals surface area contributed by atoms with Crippen LogP contribution in [0.25, 0.3) is 11.1 Å². The van der Waals surface area contributed by atoms with Crippen molar-refractivity contribution in [2.75, 3.05) is 7.11 Å². The molecular formula is C14H13ClFNO. The molecule has 0 unspecified atom stereocenters. The number of ether oxygens (including phenoxy) is 1. The first kappa shape index (κ1) is 12.9. The van der Waals surface area contributed by atoms with Gasteiger partial charge in [0.2, 0.25) is 0 Å². The molecule has 2 rings (SSSR count). The molecule has 0 radical (unpaired) electrons. The minimum Gasteiger partial charge on any atom is -0.495 e. The molecule has 0 saturated heterocycles. The maximum absolute atomic E-state index is 13.4. The third-order valence-corrected chi connectivity index (χ3v) is 3.06. The van der Waals surface area contributed by atoms with E-state index < -0.39 is 0 Å². The molecule has 0 fully saturated rings. The minimum absolute atomic E-state index is 0.171. The molecule has 94 valence electrons. The molecule has 0 bridgehead atoms. The van der Waals surface area contributed by atoms with Gasteiger partial charge in [0.15, 0.2) is 0 Å². The van der Waals surface area contributed by atoms with E-state index in [1.54, 1.807) is 25.3 Å². The molecule has 0 amide bonds. The van der Waals surface area contributed by atoms with Crippen molar-refractivity contribution in [1.82, 2.24) is 0 Å². The highest BCUT2D eigenvalue weighted by Crippen LogP contribution is 2.31. The van der Waals surface area contributed by atoms with Gasteiger partial charge in [-0.2, -0.15) is 0 Å². The van der Waals surface area contributed by atoms with Crippen LogP contribution in [0.15, 0.2) is 36.4 Å². The van der Waals surface area contributed by atoms with Gasteiger partial charge in [-0.05, 0) is 35.4 Å². The van der Waals surface area contributed by atoms with E-state index in [2.05, 4.69) is 0 Å². The summed E-state index contributed by atoms with van der Waals surface area (Å²) in [7, 11) is 1.56. The smallest absolute Gasteiger partial charge is 0.138 e. The Morgan fingerprint density at radius 3 is 2.50 bits per heavy atom. The summed E-state index contributed by atoms with van der Waals surface area (Å²) in [5.41, 5.74) is 7.77. The number of hydrogen-bond donors (Lipinski definition) is 1. The molecule has 2 aromatic rings. The Morgan fingerprint density at radius 2 is 1.83 bits per heavy atom. The summed E-state index contributed by atoms with van der Waals surface area (Å²) in [5.74, 6) is 0.301. The molecule has 0 spiro atoms. The van der Waals surface area contributed by atoms with Crippen molar-refractivity contribution in [3.63, 3.8) is 0 Å². The Hall–Kier alpha value is -1.58. The van der Waals surface area contributed by atoms with Gasteiger partial charge in [0.05, 0.1) is 12.1 Å². The van der Waals surface area contributed by atoms with Gasteiger partial charge in [0, 0.05) is 12.1 Å². The highest BCUT2D eigenvalue weighted by Gasteiger charge is 2.07. The Balaban J connectivity index is 2.48. The van der Waals surface area contributed by atoms with Crippen molar-refractivity contribution in [2.24, 2.45) is 5.73 Å². The van der Waals surface area contributed by atoms with E-state index in [1.807, 2.05) is 12.1 Å². The zero-order valence-electron chi connectivity index (χ0n) is 9.91. The normalized spacial score (nSPS) is 10.4. The average molecular weight is 266 g/mol. The maximum Gasteiger partial charge on any atom is 0.138 e. The predicted octanol–water partition coefficient (Wildman–Crippen LogP) is 3.61. The zero-order chi connectivity index (χ0) is 13.1. The van der Waals surface area contributed by atoms with Crippen molar-refractivity contribution < 1.29 is 9.13 Å². The number of halogens is 2. The van der Waals surface area contributed by atoms with Crippen LogP contribution >= 0.6 is 11.6 Å². The van der Waals surface area contributed by atoms with Crippen LogP contribution in [-0.4, -0.2) is 7.11 Å². The van der Waals surface area contributed by atoms with Crippen LogP contribution in [0.3, 0.4) is 0 Å². The van der Waals surface area contributed by atoms with Crippen LogP contribution in [0.2, 0.25) is 5.02 Å². The van der Waals surface area contributed by atoms with Crippen molar-refractivity contribution in [1.29, 1.82) is 0 Å². The van der Waals surface area contributed by atoms with Crippen LogP contribution < -0.4 is 10.5 Å². The quantitative estimate of drug-likeness (QED) is 0.920. The Labute approximate surface area is 110 Å². The van der Waals surface area contributed by atoms with Crippen molar-refractivity contribution in [3.8, 4) is 16.9 Å². The SMILES string of the molecule is COc1cc(-c2ccc(F)c(CN)c2)ccc1Cl. The Kier molecular flexibility index (Phi) is 3.84. The van der Waals surface area contributed by atoms with Crippen LogP contribution in [0.1, 0.15) is 5.56 Å². The van der Waals surface area contributed by atoms with E-state index in [9.17, 15) is 4.39 Å². The summed E-state index contributed by atoms with van der Waals surface area (Å²) in [5, 5.41) is 0.544. The summed E-state index contributed by atoms with van der Waals surface area (Å²) in [4.78, 5) is 0. The second-order valence-electron chi connectivity index (χ2n) is 3.86. The Morgan fingerprint density at radius 1 is 1.17 bits per heavy atom. The van der Waals surface area contributed by atoms with Gasteiger partial charge in [-0.1, -0.05) is 23.7 Å². The fourth-order valence-corrected chi connectivity index (χ4v) is 1.94. The van der Waals surface area contributed by atoms with E-state index in [-0.39, 0.29) is 12.4 Å². The second-order valence-corrected chi connectivity index (χ2v) is 4.27. The summed E-state index contributed by atoms with van der Waals surface area (Å²) in [6.45, 7) is 0.171. The standard InChI is InChI=1S/C14H13ClFNO/c1-18-14-7-10(2-4-12(14)15)9-3-5-13(16)11(6-9)8-17/h2-7H,8,17H2,1H3. The highest BCUT2D eigenvalue weighted by atomic mass is 35.5. The number of methoxy groups -OCH3 is 1. The molecule has 0 saturated carbocycles. The average Bonchev–Trinajstić information content (AvgIpc) is 2.40. The van der Waals surface area contributed by atoms with Gasteiger partial charge < -0.3 is 10.5 Å². The van der Waals surface area contributed by atoms with Gasteiger partial charge in [-0.15, -0.1) is 0 Å². The zero-order valence-corrected chi connectivity index (χ0v) is 10.7. The summed E-state index contributed by atoms with van der Waals surface area (Å²) in [6.07, 6.45) is 0. The lowest BCUT2D eigenvalue weighted by Gasteiger charge is -2.08. The third kappa shape index (κ3) is 2.47.